The molecule has 1 rings (SSSR count). The Kier molecular flexibility index (Phi) is 5.83. The SMILES string of the molecule is CCCS(=O)(=O)CCOC1(CN)CCC(C)(C)CC1. The summed E-state index contributed by atoms with van der Waals surface area (Å²) in [5, 5.41) is 0. The molecule has 2 N–H and O–H groups in total. The minimum Gasteiger partial charge on any atom is -0.373 e. The number of sulfone groups is 1. The smallest absolute Gasteiger partial charge is 0.152 e. The van der Waals surface area contributed by atoms with Crippen LogP contribution in [-0.4, -0.2) is 38.7 Å². The van der Waals surface area contributed by atoms with Gasteiger partial charge in [-0.1, -0.05) is 20.8 Å². The first-order valence-electron chi connectivity index (χ1n) is 7.29. The first-order valence-corrected chi connectivity index (χ1v) is 9.11. The second-order valence-electron chi connectivity index (χ2n) is 6.55. The van der Waals surface area contributed by atoms with E-state index in [-0.39, 0.29) is 23.7 Å². The number of hydrogen-bond donors (Lipinski definition) is 1. The Labute approximate surface area is 118 Å². The van der Waals surface area contributed by atoms with Crippen LogP contribution in [0.15, 0.2) is 0 Å². The topological polar surface area (TPSA) is 69.4 Å². The Morgan fingerprint density at radius 1 is 1.11 bits per heavy atom. The quantitative estimate of drug-likeness (QED) is 0.780. The zero-order valence-electron chi connectivity index (χ0n) is 12.6. The van der Waals surface area contributed by atoms with Gasteiger partial charge in [-0.3, -0.25) is 0 Å². The van der Waals surface area contributed by atoms with Crippen LogP contribution < -0.4 is 5.73 Å². The number of nitrogens with two attached hydrogens (primary N) is 1. The van der Waals surface area contributed by atoms with Gasteiger partial charge in [0.1, 0.15) is 0 Å². The molecule has 0 unspecified atom stereocenters. The van der Waals surface area contributed by atoms with Gasteiger partial charge in [-0.05, 0) is 37.5 Å². The molecule has 0 bridgehead atoms. The van der Waals surface area contributed by atoms with Gasteiger partial charge in [-0.25, -0.2) is 8.42 Å². The van der Waals surface area contributed by atoms with Crippen LogP contribution in [0.5, 0.6) is 0 Å². The van der Waals surface area contributed by atoms with Crippen molar-refractivity contribution in [3.8, 4) is 0 Å². The molecule has 0 radical (unpaired) electrons. The summed E-state index contributed by atoms with van der Waals surface area (Å²) in [5.74, 6) is 0.366. The van der Waals surface area contributed by atoms with Gasteiger partial charge in [0, 0.05) is 12.3 Å². The van der Waals surface area contributed by atoms with Crippen molar-refractivity contribution in [2.45, 2.75) is 58.5 Å². The molecule has 0 aromatic heterocycles. The third-order valence-electron chi connectivity index (χ3n) is 4.20. The van der Waals surface area contributed by atoms with Crippen molar-refractivity contribution in [3.63, 3.8) is 0 Å². The molecule has 0 saturated heterocycles. The molecule has 4 nitrogen and oxygen atoms in total. The van der Waals surface area contributed by atoms with Crippen molar-refractivity contribution < 1.29 is 13.2 Å². The molecule has 1 fully saturated rings. The van der Waals surface area contributed by atoms with Gasteiger partial charge >= 0.3 is 0 Å². The molecule has 0 aliphatic heterocycles. The first kappa shape index (κ1) is 16.9. The van der Waals surface area contributed by atoms with E-state index in [1.165, 1.54) is 0 Å². The maximum absolute atomic E-state index is 11.7. The summed E-state index contributed by atoms with van der Waals surface area (Å²) in [6, 6.07) is 0. The summed E-state index contributed by atoms with van der Waals surface area (Å²) in [6.07, 6.45) is 4.71. The summed E-state index contributed by atoms with van der Waals surface area (Å²) < 4.78 is 29.2. The minimum atomic E-state index is -2.96. The second-order valence-corrected chi connectivity index (χ2v) is 8.86. The van der Waals surface area contributed by atoms with Crippen molar-refractivity contribution in [2.24, 2.45) is 11.1 Å². The molecule has 0 spiro atoms. The lowest BCUT2D eigenvalue weighted by atomic mass is 9.71. The molecule has 1 saturated carbocycles. The van der Waals surface area contributed by atoms with Crippen LogP contribution in [-0.2, 0) is 14.6 Å². The molecular formula is C14H29NO3S. The Hall–Kier alpha value is -0.130. The van der Waals surface area contributed by atoms with Crippen LogP contribution in [0.4, 0.5) is 0 Å². The predicted octanol–water partition coefficient (Wildman–Crippen LogP) is 2.13. The van der Waals surface area contributed by atoms with Crippen LogP contribution >= 0.6 is 0 Å². The molecule has 0 atom stereocenters. The Bertz CT molecular complexity index is 366. The molecule has 1 aliphatic rings. The molecule has 0 amide bonds. The van der Waals surface area contributed by atoms with E-state index in [9.17, 15) is 8.42 Å². The fourth-order valence-corrected chi connectivity index (χ4v) is 3.75. The molecule has 0 aromatic rings. The Morgan fingerprint density at radius 2 is 1.68 bits per heavy atom. The zero-order valence-corrected chi connectivity index (χ0v) is 13.4. The molecule has 5 heteroatoms. The summed E-state index contributed by atoms with van der Waals surface area (Å²) in [4.78, 5) is 0. The lowest BCUT2D eigenvalue weighted by Crippen LogP contribution is -2.46. The summed E-state index contributed by atoms with van der Waals surface area (Å²) in [7, 11) is -2.96. The lowest BCUT2D eigenvalue weighted by molar-refractivity contribution is -0.0753. The number of rotatable bonds is 7. The van der Waals surface area contributed by atoms with E-state index >= 15 is 0 Å². The molecule has 0 aromatic carbocycles. The molecule has 19 heavy (non-hydrogen) atoms. The van der Waals surface area contributed by atoms with Crippen molar-refractivity contribution in [3.05, 3.63) is 0 Å². The minimum absolute atomic E-state index is 0.117. The highest BCUT2D eigenvalue weighted by atomic mass is 32.2. The van der Waals surface area contributed by atoms with E-state index in [0.29, 0.717) is 18.4 Å². The Morgan fingerprint density at radius 3 is 2.16 bits per heavy atom. The molecule has 0 heterocycles. The van der Waals surface area contributed by atoms with Gasteiger partial charge in [0.15, 0.2) is 9.84 Å². The normalized spacial score (nSPS) is 22.3. The summed E-state index contributed by atoms with van der Waals surface area (Å²) in [5.41, 5.74) is 5.92. The van der Waals surface area contributed by atoms with Crippen molar-refractivity contribution in [1.82, 2.24) is 0 Å². The average Bonchev–Trinajstić information content (AvgIpc) is 2.32. The van der Waals surface area contributed by atoms with Gasteiger partial charge in [0.25, 0.3) is 0 Å². The van der Waals surface area contributed by atoms with Gasteiger partial charge in [0.2, 0.25) is 0 Å². The van der Waals surface area contributed by atoms with E-state index in [4.69, 9.17) is 10.5 Å². The van der Waals surface area contributed by atoms with Gasteiger partial charge in [-0.2, -0.15) is 0 Å². The highest BCUT2D eigenvalue weighted by Gasteiger charge is 2.38. The highest BCUT2D eigenvalue weighted by molar-refractivity contribution is 7.91. The average molecular weight is 291 g/mol. The monoisotopic (exact) mass is 291 g/mol. The van der Waals surface area contributed by atoms with Gasteiger partial charge in [0.05, 0.1) is 18.0 Å². The summed E-state index contributed by atoms with van der Waals surface area (Å²) in [6.45, 7) is 7.16. The maximum atomic E-state index is 11.7. The van der Waals surface area contributed by atoms with Gasteiger partial charge in [-0.15, -0.1) is 0 Å². The predicted molar refractivity (Wildman–Crippen MR) is 78.9 cm³/mol. The number of hydrogen-bond acceptors (Lipinski definition) is 4. The summed E-state index contributed by atoms with van der Waals surface area (Å²) >= 11 is 0. The van der Waals surface area contributed by atoms with E-state index in [0.717, 1.165) is 25.7 Å². The van der Waals surface area contributed by atoms with Gasteiger partial charge < -0.3 is 10.5 Å². The largest absolute Gasteiger partial charge is 0.373 e. The molecular weight excluding hydrogens is 262 g/mol. The van der Waals surface area contributed by atoms with E-state index < -0.39 is 9.84 Å². The third kappa shape index (κ3) is 5.40. The van der Waals surface area contributed by atoms with Crippen LogP contribution in [0.3, 0.4) is 0 Å². The standard InChI is InChI=1S/C14H29NO3S/c1-4-10-19(16,17)11-9-18-14(12-15)7-5-13(2,3)6-8-14/h4-12,15H2,1-3H3. The van der Waals surface area contributed by atoms with Crippen LogP contribution in [0.2, 0.25) is 0 Å². The van der Waals surface area contributed by atoms with E-state index in [1.54, 1.807) is 0 Å². The first-order chi connectivity index (χ1) is 8.74. The maximum Gasteiger partial charge on any atom is 0.152 e. The number of ether oxygens (including phenoxy) is 1. The molecule has 114 valence electrons. The highest BCUT2D eigenvalue weighted by Crippen LogP contribution is 2.41. The Balaban J connectivity index is 2.46. The van der Waals surface area contributed by atoms with Crippen molar-refractivity contribution in [1.29, 1.82) is 0 Å². The van der Waals surface area contributed by atoms with E-state index in [2.05, 4.69) is 13.8 Å². The zero-order chi connectivity index (χ0) is 14.6. The van der Waals surface area contributed by atoms with Crippen molar-refractivity contribution >= 4 is 9.84 Å². The third-order valence-corrected chi connectivity index (χ3v) is 6.02. The lowest BCUT2D eigenvalue weighted by Gasteiger charge is -2.42. The van der Waals surface area contributed by atoms with Crippen LogP contribution in [0.1, 0.15) is 52.9 Å². The fraction of sp³-hybridized carbons (Fsp3) is 1.00. The fourth-order valence-electron chi connectivity index (χ4n) is 2.59. The second kappa shape index (κ2) is 6.55. The van der Waals surface area contributed by atoms with Crippen LogP contribution in [0.25, 0.3) is 0 Å². The van der Waals surface area contributed by atoms with Crippen molar-refractivity contribution in [2.75, 3.05) is 24.7 Å². The molecule has 1 aliphatic carbocycles. The van der Waals surface area contributed by atoms with Crippen LogP contribution in [0, 0.1) is 5.41 Å². The van der Waals surface area contributed by atoms with E-state index in [1.807, 2.05) is 6.92 Å².